The van der Waals surface area contributed by atoms with Crippen LogP contribution in [0.2, 0.25) is 0 Å². The maximum atomic E-state index is 10.7. The Bertz CT molecular complexity index is 263. The molecule has 0 saturated heterocycles. The molecule has 2 amide bonds. The van der Waals surface area contributed by atoms with Gasteiger partial charge in [0, 0.05) is 5.92 Å². The molecule has 0 saturated carbocycles. The van der Waals surface area contributed by atoms with Gasteiger partial charge in [-0.15, -0.1) is 0 Å². The van der Waals surface area contributed by atoms with Gasteiger partial charge in [-0.2, -0.15) is 0 Å². The lowest BCUT2D eigenvalue weighted by Crippen LogP contribution is -2.36. The van der Waals surface area contributed by atoms with Crippen molar-refractivity contribution < 1.29 is 19.1 Å². The minimum absolute atomic E-state index is 0.0552. The number of ether oxygens (including phenoxy) is 2. The molecule has 0 aliphatic carbocycles. The molecule has 0 spiro atoms. The van der Waals surface area contributed by atoms with E-state index < -0.39 is 18.5 Å². The second-order valence-corrected chi connectivity index (χ2v) is 4.94. The van der Waals surface area contributed by atoms with Crippen molar-refractivity contribution in [3.05, 3.63) is 0 Å². The van der Waals surface area contributed by atoms with Gasteiger partial charge in [-0.3, -0.25) is 0 Å². The number of amides is 2. The molecule has 1 unspecified atom stereocenters. The zero-order chi connectivity index (χ0) is 13.6. The zero-order valence-corrected chi connectivity index (χ0v) is 10.9. The topological polar surface area (TPSA) is 105 Å². The van der Waals surface area contributed by atoms with Crippen LogP contribution < -0.4 is 11.5 Å². The van der Waals surface area contributed by atoms with Crippen LogP contribution >= 0.6 is 0 Å². The predicted molar refractivity (Wildman–Crippen MR) is 63.0 cm³/mol. The van der Waals surface area contributed by atoms with Gasteiger partial charge >= 0.3 is 12.2 Å². The molecular formula is C11H22N2O4. The van der Waals surface area contributed by atoms with Gasteiger partial charge in [-0.25, -0.2) is 9.59 Å². The molecule has 4 N–H and O–H groups in total. The van der Waals surface area contributed by atoms with Crippen LogP contribution in [-0.4, -0.2) is 18.5 Å². The van der Waals surface area contributed by atoms with Crippen LogP contribution in [0.3, 0.4) is 0 Å². The normalized spacial score (nSPS) is 13.2. The van der Waals surface area contributed by atoms with E-state index >= 15 is 0 Å². The molecular weight excluding hydrogens is 224 g/mol. The third kappa shape index (κ3) is 6.65. The average molecular weight is 246 g/mol. The Morgan fingerprint density at radius 2 is 1.59 bits per heavy atom. The van der Waals surface area contributed by atoms with Crippen LogP contribution in [0.15, 0.2) is 0 Å². The highest BCUT2D eigenvalue weighted by molar-refractivity contribution is 5.66. The van der Waals surface area contributed by atoms with Crippen LogP contribution in [0.1, 0.15) is 40.5 Å². The first-order valence-corrected chi connectivity index (χ1v) is 5.60. The molecule has 0 rings (SSSR count). The lowest BCUT2D eigenvalue weighted by molar-refractivity contribution is -0.0953. The molecule has 6 heteroatoms. The lowest BCUT2D eigenvalue weighted by atomic mass is 9.81. The van der Waals surface area contributed by atoms with Crippen molar-refractivity contribution in [2.45, 2.75) is 46.8 Å². The first kappa shape index (κ1) is 15.5. The summed E-state index contributed by atoms with van der Waals surface area (Å²) in [5.41, 5.74) is 9.87. The van der Waals surface area contributed by atoms with Crippen molar-refractivity contribution in [3.63, 3.8) is 0 Å². The molecule has 100 valence electrons. The van der Waals surface area contributed by atoms with Crippen molar-refractivity contribution in [1.29, 1.82) is 0 Å². The third-order valence-electron chi connectivity index (χ3n) is 2.76. The molecule has 6 nitrogen and oxygen atoms in total. The Labute approximate surface area is 102 Å². The molecule has 0 radical (unpaired) electrons. The van der Waals surface area contributed by atoms with Crippen LogP contribution in [0, 0.1) is 11.3 Å². The fourth-order valence-electron chi connectivity index (χ4n) is 1.60. The summed E-state index contributed by atoms with van der Waals surface area (Å²) in [5.74, 6) is -0.176. The summed E-state index contributed by atoms with van der Waals surface area (Å²) in [4.78, 5) is 21.4. The summed E-state index contributed by atoms with van der Waals surface area (Å²) >= 11 is 0. The largest absolute Gasteiger partial charge is 0.409 e. The monoisotopic (exact) mass is 246 g/mol. The maximum Gasteiger partial charge on any atom is 0.407 e. The van der Waals surface area contributed by atoms with E-state index in [2.05, 4.69) is 20.8 Å². The third-order valence-corrected chi connectivity index (χ3v) is 2.76. The Kier molecular flexibility index (Phi) is 5.78. The summed E-state index contributed by atoms with van der Waals surface area (Å²) < 4.78 is 9.46. The first-order valence-electron chi connectivity index (χ1n) is 5.60. The summed E-state index contributed by atoms with van der Waals surface area (Å²) in [7, 11) is 0. The summed E-state index contributed by atoms with van der Waals surface area (Å²) in [6.07, 6.45) is -1.34. The Hall–Kier alpha value is -1.46. The van der Waals surface area contributed by atoms with E-state index in [1.165, 1.54) is 0 Å². The number of rotatable bonds is 6. The quantitative estimate of drug-likeness (QED) is 0.699. The van der Waals surface area contributed by atoms with Gasteiger partial charge in [-0.1, -0.05) is 34.1 Å². The van der Waals surface area contributed by atoms with Gasteiger partial charge in [0.1, 0.15) is 0 Å². The van der Waals surface area contributed by atoms with Crippen molar-refractivity contribution in [2.75, 3.05) is 0 Å². The molecule has 0 fully saturated rings. The fraction of sp³-hybridized carbons (Fsp3) is 0.818. The molecule has 0 bridgehead atoms. The van der Waals surface area contributed by atoms with Crippen LogP contribution in [0.5, 0.6) is 0 Å². The van der Waals surface area contributed by atoms with E-state index in [9.17, 15) is 9.59 Å². The van der Waals surface area contributed by atoms with E-state index in [0.717, 1.165) is 6.42 Å². The van der Waals surface area contributed by atoms with E-state index in [-0.39, 0.29) is 11.3 Å². The van der Waals surface area contributed by atoms with Gasteiger partial charge in [-0.05, 0) is 11.8 Å². The minimum atomic E-state index is -1.03. The number of hydrogen-bond donors (Lipinski definition) is 2. The van der Waals surface area contributed by atoms with Crippen LogP contribution in [-0.2, 0) is 9.47 Å². The lowest BCUT2D eigenvalue weighted by Gasteiger charge is -2.30. The Morgan fingerprint density at radius 1 is 1.18 bits per heavy atom. The highest BCUT2D eigenvalue weighted by Gasteiger charge is 2.29. The molecule has 0 heterocycles. The molecule has 0 aliphatic rings. The van der Waals surface area contributed by atoms with E-state index in [4.69, 9.17) is 20.9 Å². The minimum Gasteiger partial charge on any atom is -0.409 e. The number of carbonyl (C=O) groups excluding carboxylic acids is 2. The molecule has 0 aromatic carbocycles. The second-order valence-electron chi connectivity index (χ2n) is 4.94. The van der Waals surface area contributed by atoms with E-state index in [0.29, 0.717) is 6.42 Å². The Balaban J connectivity index is 4.56. The average Bonchev–Trinajstić information content (AvgIpc) is 2.14. The van der Waals surface area contributed by atoms with Gasteiger partial charge in [0.25, 0.3) is 6.29 Å². The molecule has 1 atom stereocenters. The van der Waals surface area contributed by atoms with Crippen LogP contribution in [0.25, 0.3) is 0 Å². The highest BCUT2D eigenvalue weighted by atomic mass is 16.7. The van der Waals surface area contributed by atoms with Crippen molar-refractivity contribution in [3.8, 4) is 0 Å². The second kappa shape index (κ2) is 6.32. The highest BCUT2D eigenvalue weighted by Crippen LogP contribution is 2.31. The summed E-state index contributed by atoms with van der Waals surface area (Å²) in [6.45, 7) is 8.03. The van der Waals surface area contributed by atoms with Crippen molar-refractivity contribution >= 4 is 12.2 Å². The van der Waals surface area contributed by atoms with Gasteiger partial charge < -0.3 is 20.9 Å². The SMILES string of the molecule is CCC(C)(C)CC(C)C(OC(N)=O)OC(N)=O. The van der Waals surface area contributed by atoms with Crippen molar-refractivity contribution in [2.24, 2.45) is 22.8 Å². The van der Waals surface area contributed by atoms with Gasteiger partial charge in [0.15, 0.2) is 0 Å². The molecule has 17 heavy (non-hydrogen) atoms. The summed E-state index contributed by atoms with van der Waals surface area (Å²) in [6, 6.07) is 0. The smallest absolute Gasteiger partial charge is 0.407 e. The predicted octanol–water partition coefficient (Wildman–Crippen LogP) is 1.97. The summed E-state index contributed by atoms with van der Waals surface area (Å²) in [5, 5.41) is 0. The number of carbonyl (C=O) groups is 2. The maximum absolute atomic E-state index is 10.7. The fourth-order valence-corrected chi connectivity index (χ4v) is 1.60. The van der Waals surface area contributed by atoms with E-state index in [1.54, 1.807) is 0 Å². The first-order chi connectivity index (χ1) is 7.68. The number of primary amides is 2. The molecule has 0 aromatic heterocycles. The molecule has 0 aromatic rings. The zero-order valence-electron chi connectivity index (χ0n) is 10.9. The van der Waals surface area contributed by atoms with E-state index in [1.807, 2.05) is 6.92 Å². The van der Waals surface area contributed by atoms with Crippen molar-refractivity contribution in [1.82, 2.24) is 0 Å². The van der Waals surface area contributed by atoms with Crippen LogP contribution in [0.4, 0.5) is 9.59 Å². The molecule has 0 aliphatic heterocycles. The number of hydrogen-bond acceptors (Lipinski definition) is 4. The standard InChI is InChI=1S/C11H22N2O4/c1-5-11(3,4)6-7(2)8(16-9(12)14)17-10(13)15/h7-8H,5-6H2,1-4H3,(H2,12,14)(H2,13,15). The van der Waals surface area contributed by atoms with Gasteiger partial charge in [0.05, 0.1) is 0 Å². The number of nitrogens with two attached hydrogens (primary N) is 2. The Morgan fingerprint density at radius 3 is 1.88 bits per heavy atom. The van der Waals surface area contributed by atoms with Gasteiger partial charge in [0.2, 0.25) is 0 Å².